The topological polar surface area (TPSA) is 95.6 Å². The molecule has 0 unspecified atom stereocenters. The zero-order chi connectivity index (χ0) is 15.3. The van der Waals surface area contributed by atoms with Crippen molar-refractivity contribution >= 4 is 5.91 Å². The first kappa shape index (κ1) is 15.8. The van der Waals surface area contributed by atoms with E-state index in [1.165, 1.54) is 0 Å². The molecule has 1 amide bonds. The van der Waals surface area contributed by atoms with Gasteiger partial charge < -0.3 is 21.3 Å². The molecule has 21 heavy (non-hydrogen) atoms. The fourth-order valence-corrected chi connectivity index (χ4v) is 2.90. The molecule has 1 aromatic carbocycles. The number of aliphatic hydroxyl groups is 1. The van der Waals surface area contributed by atoms with E-state index in [9.17, 15) is 15.0 Å². The number of carbonyl (C=O) groups is 1. The van der Waals surface area contributed by atoms with E-state index < -0.39 is 6.04 Å². The van der Waals surface area contributed by atoms with Crippen molar-refractivity contribution in [1.29, 1.82) is 0 Å². The molecule has 5 nitrogen and oxygen atoms in total. The van der Waals surface area contributed by atoms with Crippen LogP contribution in [0.5, 0.6) is 5.75 Å². The fraction of sp³-hybridized carbons (Fsp3) is 0.562. The third kappa shape index (κ3) is 4.19. The zero-order valence-electron chi connectivity index (χ0n) is 12.2. The first-order valence-electron chi connectivity index (χ1n) is 7.47. The van der Waals surface area contributed by atoms with Crippen LogP contribution in [0.1, 0.15) is 31.2 Å². The van der Waals surface area contributed by atoms with E-state index in [1.807, 2.05) is 0 Å². The zero-order valence-corrected chi connectivity index (χ0v) is 12.2. The van der Waals surface area contributed by atoms with Gasteiger partial charge in [0.2, 0.25) is 5.91 Å². The average molecular weight is 292 g/mol. The molecule has 1 aliphatic carbocycles. The molecule has 0 aliphatic heterocycles. The van der Waals surface area contributed by atoms with Crippen LogP contribution in [-0.4, -0.2) is 35.3 Å². The molecule has 0 bridgehead atoms. The van der Waals surface area contributed by atoms with Gasteiger partial charge in [0.15, 0.2) is 0 Å². The first-order chi connectivity index (χ1) is 10.0. The lowest BCUT2D eigenvalue weighted by molar-refractivity contribution is -0.123. The Balaban J connectivity index is 1.83. The first-order valence-corrected chi connectivity index (χ1v) is 7.47. The molecule has 1 aliphatic rings. The maximum Gasteiger partial charge on any atom is 0.237 e. The molecule has 5 N–H and O–H groups in total. The van der Waals surface area contributed by atoms with Gasteiger partial charge in [0.1, 0.15) is 5.75 Å². The lowest BCUT2D eigenvalue weighted by Crippen LogP contribution is -2.46. The standard InChI is InChI=1S/C16H24N2O3/c17-14(9-12-3-5-13(20)6-4-12)15(21)18-10-16(11-19)7-1-2-8-16/h3-6,14,19-20H,1-2,7-11,17H2,(H,18,21)/t14-/m1/s1. The van der Waals surface area contributed by atoms with Crippen LogP contribution in [0.2, 0.25) is 0 Å². The molecule has 1 saturated carbocycles. The van der Waals surface area contributed by atoms with E-state index in [0.717, 1.165) is 31.2 Å². The summed E-state index contributed by atoms with van der Waals surface area (Å²) < 4.78 is 0. The Morgan fingerprint density at radius 2 is 1.90 bits per heavy atom. The Kier molecular flexibility index (Phi) is 5.20. The highest BCUT2D eigenvalue weighted by molar-refractivity contribution is 5.81. The summed E-state index contributed by atoms with van der Waals surface area (Å²) in [5.74, 6) is 0.00527. The van der Waals surface area contributed by atoms with Crippen LogP contribution in [0.25, 0.3) is 0 Å². The van der Waals surface area contributed by atoms with Crippen molar-refractivity contribution in [3.05, 3.63) is 29.8 Å². The number of nitrogens with one attached hydrogen (secondary N) is 1. The number of nitrogens with two attached hydrogens (primary N) is 1. The molecule has 1 aromatic rings. The van der Waals surface area contributed by atoms with Gasteiger partial charge in [-0.15, -0.1) is 0 Å². The number of aromatic hydroxyl groups is 1. The Labute approximate surface area is 125 Å². The SMILES string of the molecule is N[C@H](Cc1ccc(O)cc1)C(=O)NCC1(CO)CCCC1. The largest absolute Gasteiger partial charge is 0.508 e. The lowest BCUT2D eigenvalue weighted by atomic mass is 9.87. The highest BCUT2D eigenvalue weighted by Crippen LogP contribution is 2.36. The fourth-order valence-electron chi connectivity index (χ4n) is 2.90. The average Bonchev–Trinajstić information content (AvgIpc) is 2.96. The van der Waals surface area contributed by atoms with Crippen LogP contribution in [0.15, 0.2) is 24.3 Å². The number of hydrogen-bond donors (Lipinski definition) is 4. The Morgan fingerprint density at radius 3 is 2.48 bits per heavy atom. The summed E-state index contributed by atoms with van der Waals surface area (Å²) in [4.78, 5) is 12.1. The summed E-state index contributed by atoms with van der Waals surface area (Å²) in [6.07, 6.45) is 4.55. The van der Waals surface area contributed by atoms with Gasteiger partial charge in [0, 0.05) is 12.0 Å². The molecular weight excluding hydrogens is 268 g/mol. The molecule has 0 saturated heterocycles. The predicted octanol–water partition coefficient (Wildman–Crippen LogP) is 0.931. The number of carbonyl (C=O) groups excluding carboxylic acids is 1. The number of benzene rings is 1. The van der Waals surface area contributed by atoms with E-state index in [4.69, 9.17) is 5.73 Å². The van der Waals surface area contributed by atoms with E-state index >= 15 is 0 Å². The Morgan fingerprint density at radius 1 is 1.29 bits per heavy atom. The maximum absolute atomic E-state index is 12.1. The van der Waals surface area contributed by atoms with Crippen LogP contribution >= 0.6 is 0 Å². The lowest BCUT2D eigenvalue weighted by Gasteiger charge is -2.27. The molecule has 116 valence electrons. The molecule has 1 fully saturated rings. The number of amides is 1. The molecule has 2 rings (SSSR count). The van der Waals surface area contributed by atoms with Gasteiger partial charge in [-0.25, -0.2) is 0 Å². The third-order valence-electron chi connectivity index (χ3n) is 4.37. The van der Waals surface area contributed by atoms with E-state index in [-0.39, 0.29) is 23.7 Å². The van der Waals surface area contributed by atoms with Crippen molar-refractivity contribution in [3.63, 3.8) is 0 Å². The summed E-state index contributed by atoms with van der Waals surface area (Å²) in [5, 5.41) is 21.6. The Hall–Kier alpha value is -1.59. The number of phenolic OH excluding ortho intramolecular Hbond substituents is 1. The minimum absolute atomic E-state index is 0.112. The summed E-state index contributed by atoms with van der Waals surface area (Å²) in [6.45, 7) is 0.603. The molecule has 0 aromatic heterocycles. The maximum atomic E-state index is 12.1. The van der Waals surface area contributed by atoms with Crippen molar-refractivity contribution in [3.8, 4) is 5.75 Å². The normalized spacial score (nSPS) is 18.4. The second-order valence-electron chi connectivity index (χ2n) is 6.06. The predicted molar refractivity (Wildman–Crippen MR) is 80.8 cm³/mol. The second kappa shape index (κ2) is 6.91. The minimum atomic E-state index is -0.619. The monoisotopic (exact) mass is 292 g/mol. The van der Waals surface area contributed by atoms with Crippen LogP contribution in [0.3, 0.4) is 0 Å². The van der Waals surface area contributed by atoms with Crippen LogP contribution < -0.4 is 11.1 Å². The smallest absolute Gasteiger partial charge is 0.237 e. The highest BCUT2D eigenvalue weighted by atomic mass is 16.3. The van der Waals surface area contributed by atoms with Crippen molar-refractivity contribution in [1.82, 2.24) is 5.32 Å². The van der Waals surface area contributed by atoms with Gasteiger partial charge in [-0.3, -0.25) is 4.79 Å². The quantitative estimate of drug-likeness (QED) is 0.627. The van der Waals surface area contributed by atoms with Crippen LogP contribution in [0.4, 0.5) is 0 Å². The molecule has 1 atom stereocenters. The number of aliphatic hydroxyl groups excluding tert-OH is 1. The summed E-state index contributed by atoms with van der Waals surface area (Å²) >= 11 is 0. The molecular formula is C16H24N2O3. The van der Waals surface area contributed by atoms with Gasteiger partial charge in [-0.1, -0.05) is 25.0 Å². The Bertz CT molecular complexity index is 467. The van der Waals surface area contributed by atoms with E-state index in [0.29, 0.717) is 13.0 Å². The number of rotatable bonds is 6. The molecule has 5 heteroatoms. The highest BCUT2D eigenvalue weighted by Gasteiger charge is 2.33. The third-order valence-corrected chi connectivity index (χ3v) is 4.37. The summed E-state index contributed by atoms with van der Waals surface area (Å²) in [7, 11) is 0. The van der Waals surface area contributed by atoms with Crippen molar-refractivity contribution < 1.29 is 15.0 Å². The van der Waals surface area contributed by atoms with Gasteiger partial charge in [0.25, 0.3) is 0 Å². The summed E-state index contributed by atoms with van der Waals surface area (Å²) in [6, 6.07) is 6.06. The van der Waals surface area contributed by atoms with E-state index in [1.54, 1.807) is 24.3 Å². The van der Waals surface area contributed by atoms with Crippen molar-refractivity contribution in [2.75, 3.05) is 13.2 Å². The summed E-state index contributed by atoms with van der Waals surface area (Å²) in [5.41, 5.74) is 6.67. The second-order valence-corrected chi connectivity index (χ2v) is 6.06. The molecule has 0 radical (unpaired) electrons. The van der Waals surface area contributed by atoms with Gasteiger partial charge in [-0.2, -0.15) is 0 Å². The van der Waals surface area contributed by atoms with Crippen LogP contribution in [0, 0.1) is 5.41 Å². The van der Waals surface area contributed by atoms with Gasteiger partial charge in [0.05, 0.1) is 12.6 Å². The number of phenols is 1. The van der Waals surface area contributed by atoms with E-state index in [2.05, 4.69) is 5.32 Å². The van der Waals surface area contributed by atoms with Gasteiger partial charge >= 0.3 is 0 Å². The van der Waals surface area contributed by atoms with Crippen LogP contribution in [-0.2, 0) is 11.2 Å². The molecule has 0 spiro atoms. The minimum Gasteiger partial charge on any atom is -0.508 e. The van der Waals surface area contributed by atoms with Crippen molar-refractivity contribution in [2.45, 2.75) is 38.1 Å². The van der Waals surface area contributed by atoms with Gasteiger partial charge in [-0.05, 0) is 37.0 Å². The van der Waals surface area contributed by atoms with Crippen molar-refractivity contribution in [2.24, 2.45) is 11.1 Å². The number of hydrogen-bond acceptors (Lipinski definition) is 4. The molecule has 0 heterocycles.